The van der Waals surface area contributed by atoms with E-state index in [1.807, 2.05) is 4.90 Å². The zero-order chi connectivity index (χ0) is 14.5. The standard InChI is InChI=1S/C15H29N3O2/c1-12(14-4-5-14)18(10-11-20-3)13(2)15(19)17-8-6-16-7-9-17/h12-14,16H,4-11H2,1-3H3. The number of hydrogen-bond donors (Lipinski definition) is 1. The molecular weight excluding hydrogens is 254 g/mol. The number of nitrogens with zero attached hydrogens (tertiary/aromatic N) is 2. The Kier molecular flexibility index (Phi) is 5.81. The second kappa shape index (κ2) is 7.38. The van der Waals surface area contributed by atoms with E-state index in [1.165, 1.54) is 12.8 Å². The van der Waals surface area contributed by atoms with E-state index in [4.69, 9.17) is 4.74 Å². The van der Waals surface area contributed by atoms with Crippen LogP contribution in [0.3, 0.4) is 0 Å². The zero-order valence-electron chi connectivity index (χ0n) is 13.1. The largest absolute Gasteiger partial charge is 0.383 e. The third-order valence-electron chi connectivity index (χ3n) is 4.66. The molecule has 116 valence electrons. The molecule has 1 amide bonds. The van der Waals surface area contributed by atoms with Crippen LogP contribution in [0.1, 0.15) is 26.7 Å². The van der Waals surface area contributed by atoms with Crippen molar-refractivity contribution in [3.8, 4) is 0 Å². The Morgan fingerprint density at radius 3 is 2.55 bits per heavy atom. The molecule has 2 aliphatic rings. The molecule has 0 aromatic rings. The molecule has 20 heavy (non-hydrogen) atoms. The van der Waals surface area contributed by atoms with Crippen molar-refractivity contribution in [2.24, 2.45) is 5.92 Å². The lowest BCUT2D eigenvalue weighted by molar-refractivity contribution is -0.138. The highest BCUT2D eigenvalue weighted by Crippen LogP contribution is 2.35. The van der Waals surface area contributed by atoms with Crippen molar-refractivity contribution in [1.82, 2.24) is 15.1 Å². The number of methoxy groups -OCH3 is 1. The number of ether oxygens (including phenoxy) is 1. The molecule has 2 fully saturated rings. The van der Waals surface area contributed by atoms with Gasteiger partial charge in [0, 0.05) is 45.9 Å². The minimum atomic E-state index is -0.0427. The van der Waals surface area contributed by atoms with Crippen LogP contribution in [-0.4, -0.2) is 74.2 Å². The van der Waals surface area contributed by atoms with Crippen molar-refractivity contribution in [2.45, 2.75) is 38.8 Å². The van der Waals surface area contributed by atoms with Crippen LogP contribution in [0, 0.1) is 5.92 Å². The monoisotopic (exact) mass is 283 g/mol. The summed E-state index contributed by atoms with van der Waals surface area (Å²) in [6.07, 6.45) is 2.61. The first-order valence-corrected chi connectivity index (χ1v) is 7.89. The lowest BCUT2D eigenvalue weighted by atomic mass is 10.1. The summed E-state index contributed by atoms with van der Waals surface area (Å²) in [5.74, 6) is 1.04. The van der Waals surface area contributed by atoms with Crippen molar-refractivity contribution in [1.29, 1.82) is 0 Å². The van der Waals surface area contributed by atoms with Gasteiger partial charge in [0.05, 0.1) is 12.6 Å². The van der Waals surface area contributed by atoms with Crippen LogP contribution in [0.4, 0.5) is 0 Å². The maximum Gasteiger partial charge on any atom is 0.239 e. The van der Waals surface area contributed by atoms with E-state index in [9.17, 15) is 4.79 Å². The van der Waals surface area contributed by atoms with Gasteiger partial charge >= 0.3 is 0 Å². The van der Waals surface area contributed by atoms with Crippen molar-refractivity contribution < 1.29 is 9.53 Å². The van der Waals surface area contributed by atoms with Gasteiger partial charge in [-0.15, -0.1) is 0 Å². The Labute approximate surface area is 122 Å². The van der Waals surface area contributed by atoms with Gasteiger partial charge < -0.3 is 15.0 Å². The summed E-state index contributed by atoms with van der Waals surface area (Å²) >= 11 is 0. The van der Waals surface area contributed by atoms with Gasteiger partial charge in [0.15, 0.2) is 0 Å². The van der Waals surface area contributed by atoms with Gasteiger partial charge in [-0.1, -0.05) is 0 Å². The molecule has 0 aromatic heterocycles. The van der Waals surface area contributed by atoms with E-state index in [1.54, 1.807) is 7.11 Å². The van der Waals surface area contributed by atoms with E-state index in [2.05, 4.69) is 24.1 Å². The number of piperazine rings is 1. The summed E-state index contributed by atoms with van der Waals surface area (Å²) in [5.41, 5.74) is 0. The van der Waals surface area contributed by atoms with Gasteiger partial charge in [0.2, 0.25) is 5.91 Å². The molecule has 1 saturated heterocycles. The third-order valence-corrected chi connectivity index (χ3v) is 4.66. The van der Waals surface area contributed by atoms with Crippen LogP contribution in [-0.2, 0) is 9.53 Å². The molecule has 1 saturated carbocycles. The molecule has 1 aliphatic heterocycles. The maximum absolute atomic E-state index is 12.7. The molecule has 5 heteroatoms. The summed E-state index contributed by atoms with van der Waals surface area (Å²) in [7, 11) is 1.72. The van der Waals surface area contributed by atoms with Gasteiger partial charge in [-0.05, 0) is 32.6 Å². The normalized spacial score (nSPS) is 22.9. The van der Waals surface area contributed by atoms with E-state index in [0.29, 0.717) is 12.6 Å². The van der Waals surface area contributed by atoms with Gasteiger partial charge in [0.25, 0.3) is 0 Å². The molecule has 2 unspecified atom stereocenters. The van der Waals surface area contributed by atoms with E-state index >= 15 is 0 Å². The third kappa shape index (κ3) is 3.93. The number of carbonyl (C=O) groups is 1. The van der Waals surface area contributed by atoms with Crippen LogP contribution in [0.5, 0.6) is 0 Å². The Bertz CT molecular complexity index is 314. The maximum atomic E-state index is 12.7. The average molecular weight is 283 g/mol. The fourth-order valence-corrected chi connectivity index (χ4v) is 3.09. The first kappa shape index (κ1) is 15.7. The first-order chi connectivity index (χ1) is 9.65. The summed E-state index contributed by atoms with van der Waals surface area (Å²) in [4.78, 5) is 17.0. The van der Waals surface area contributed by atoms with Crippen molar-refractivity contribution in [3.63, 3.8) is 0 Å². The Morgan fingerprint density at radius 1 is 1.35 bits per heavy atom. The fourth-order valence-electron chi connectivity index (χ4n) is 3.09. The predicted molar refractivity (Wildman–Crippen MR) is 79.7 cm³/mol. The van der Waals surface area contributed by atoms with Crippen LogP contribution >= 0.6 is 0 Å². The molecule has 5 nitrogen and oxygen atoms in total. The zero-order valence-corrected chi connectivity index (χ0v) is 13.1. The summed E-state index contributed by atoms with van der Waals surface area (Å²) in [5, 5.41) is 3.30. The Balaban J connectivity index is 1.96. The van der Waals surface area contributed by atoms with Crippen molar-refractivity contribution in [2.75, 3.05) is 46.4 Å². The molecule has 1 heterocycles. The average Bonchev–Trinajstić information content (AvgIpc) is 3.32. The molecule has 1 N–H and O–H groups in total. The lowest BCUT2D eigenvalue weighted by Gasteiger charge is -2.37. The van der Waals surface area contributed by atoms with Crippen LogP contribution in [0.2, 0.25) is 0 Å². The van der Waals surface area contributed by atoms with Gasteiger partial charge in [-0.25, -0.2) is 0 Å². The predicted octanol–water partition coefficient (Wildman–Crippen LogP) is 0.554. The smallest absolute Gasteiger partial charge is 0.239 e. The molecule has 0 aromatic carbocycles. The van der Waals surface area contributed by atoms with Gasteiger partial charge in [-0.2, -0.15) is 0 Å². The van der Waals surface area contributed by atoms with Crippen molar-refractivity contribution in [3.05, 3.63) is 0 Å². The van der Waals surface area contributed by atoms with E-state index in [-0.39, 0.29) is 11.9 Å². The molecule has 0 spiro atoms. The highest BCUT2D eigenvalue weighted by molar-refractivity contribution is 5.81. The van der Waals surface area contributed by atoms with E-state index in [0.717, 1.165) is 38.6 Å². The molecule has 0 bridgehead atoms. The number of rotatable bonds is 7. The molecule has 2 atom stereocenters. The summed E-state index contributed by atoms with van der Waals surface area (Å²) in [6, 6.07) is 0.436. The number of amides is 1. The van der Waals surface area contributed by atoms with Gasteiger partial charge in [-0.3, -0.25) is 9.69 Å². The van der Waals surface area contributed by atoms with Crippen LogP contribution in [0.25, 0.3) is 0 Å². The number of hydrogen-bond acceptors (Lipinski definition) is 4. The second-order valence-electron chi connectivity index (χ2n) is 6.06. The number of nitrogens with one attached hydrogen (secondary N) is 1. The summed E-state index contributed by atoms with van der Waals surface area (Å²) in [6.45, 7) is 9.33. The minimum absolute atomic E-state index is 0.0427. The molecule has 2 rings (SSSR count). The topological polar surface area (TPSA) is 44.8 Å². The summed E-state index contributed by atoms with van der Waals surface area (Å²) < 4.78 is 5.22. The molecule has 0 radical (unpaired) electrons. The van der Waals surface area contributed by atoms with Crippen LogP contribution < -0.4 is 5.32 Å². The quantitative estimate of drug-likeness (QED) is 0.741. The lowest BCUT2D eigenvalue weighted by Crippen LogP contribution is -2.55. The SMILES string of the molecule is COCCN(C(C)C(=O)N1CCNCC1)C(C)C1CC1. The molecular formula is C15H29N3O2. The highest BCUT2D eigenvalue weighted by atomic mass is 16.5. The fraction of sp³-hybridized carbons (Fsp3) is 0.933. The highest BCUT2D eigenvalue weighted by Gasteiger charge is 2.36. The Morgan fingerprint density at radius 2 is 2.00 bits per heavy atom. The minimum Gasteiger partial charge on any atom is -0.383 e. The van der Waals surface area contributed by atoms with Crippen molar-refractivity contribution >= 4 is 5.91 Å². The molecule has 1 aliphatic carbocycles. The number of carbonyl (C=O) groups excluding carboxylic acids is 1. The first-order valence-electron chi connectivity index (χ1n) is 7.89. The van der Waals surface area contributed by atoms with Crippen LogP contribution in [0.15, 0.2) is 0 Å². The van der Waals surface area contributed by atoms with E-state index < -0.39 is 0 Å². The van der Waals surface area contributed by atoms with Gasteiger partial charge in [0.1, 0.15) is 0 Å². The second-order valence-corrected chi connectivity index (χ2v) is 6.06. The Hall–Kier alpha value is -0.650.